The van der Waals surface area contributed by atoms with E-state index < -0.39 is 18.2 Å². The topological polar surface area (TPSA) is 94.8 Å². The van der Waals surface area contributed by atoms with E-state index in [0.717, 1.165) is 38.5 Å². The van der Waals surface area contributed by atoms with Crippen LogP contribution in [0.4, 0.5) is 0 Å². The number of thiophene rings is 1. The predicted molar refractivity (Wildman–Crippen MR) is 122 cm³/mol. The van der Waals surface area contributed by atoms with Crippen LogP contribution in [-0.4, -0.2) is 39.3 Å². The highest BCUT2D eigenvalue weighted by molar-refractivity contribution is 7.10. The largest absolute Gasteiger partial charge is 0.481 e. The minimum absolute atomic E-state index is 0.121. The zero-order valence-corrected chi connectivity index (χ0v) is 19.2. The summed E-state index contributed by atoms with van der Waals surface area (Å²) in [7, 11) is 0. The van der Waals surface area contributed by atoms with Crippen molar-refractivity contribution in [1.29, 1.82) is 0 Å². The van der Waals surface area contributed by atoms with E-state index in [1.807, 2.05) is 18.2 Å². The van der Waals surface area contributed by atoms with Gasteiger partial charge in [0, 0.05) is 35.0 Å². The first kappa shape index (κ1) is 24.1. The van der Waals surface area contributed by atoms with E-state index in [0.29, 0.717) is 18.8 Å². The van der Waals surface area contributed by atoms with Crippen LogP contribution in [0, 0.1) is 17.8 Å². The Labute approximate surface area is 189 Å². The Morgan fingerprint density at radius 3 is 2.71 bits per heavy atom. The van der Waals surface area contributed by atoms with Gasteiger partial charge in [0.1, 0.15) is 5.78 Å². The highest BCUT2D eigenvalue weighted by atomic mass is 32.1. The number of hydrogen-bond donors (Lipinski definition) is 3. The van der Waals surface area contributed by atoms with E-state index in [4.69, 9.17) is 5.11 Å². The van der Waals surface area contributed by atoms with Crippen molar-refractivity contribution < 1.29 is 24.9 Å². The molecule has 2 aliphatic rings. The summed E-state index contributed by atoms with van der Waals surface area (Å²) in [5.74, 6) is -0.552. The normalized spacial score (nSPS) is 31.8. The van der Waals surface area contributed by atoms with Gasteiger partial charge in [-0.3, -0.25) is 9.59 Å². The Morgan fingerprint density at radius 2 is 2.10 bits per heavy atom. The molecular formula is C25H36O5S. The van der Waals surface area contributed by atoms with Gasteiger partial charge in [0.25, 0.3) is 0 Å². The fraction of sp³-hybridized carbons (Fsp3) is 0.680. The van der Waals surface area contributed by atoms with Crippen molar-refractivity contribution in [1.82, 2.24) is 0 Å². The van der Waals surface area contributed by atoms with Gasteiger partial charge in [-0.05, 0) is 49.5 Å². The summed E-state index contributed by atoms with van der Waals surface area (Å²) in [6, 6.07) is 4.17. The number of hydrogen-bond acceptors (Lipinski definition) is 5. The van der Waals surface area contributed by atoms with Gasteiger partial charge in [-0.25, -0.2) is 0 Å². The van der Waals surface area contributed by atoms with Crippen molar-refractivity contribution in [2.45, 2.75) is 88.8 Å². The van der Waals surface area contributed by atoms with Crippen LogP contribution in [0.25, 0.3) is 0 Å². The van der Waals surface area contributed by atoms with Crippen LogP contribution in [0.3, 0.4) is 0 Å². The summed E-state index contributed by atoms with van der Waals surface area (Å²) in [5.41, 5.74) is -0.169. The van der Waals surface area contributed by atoms with Crippen molar-refractivity contribution in [3.8, 4) is 0 Å². The molecule has 0 spiro atoms. The maximum Gasteiger partial charge on any atom is 0.303 e. The molecule has 31 heavy (non-hydrogen) atoms. The monoisotopic (exact) mass is 448 g/mol. The lowest BCUT2D eigenvalue weighted by Gasteiger charge is -2.50. The molecule has 2 saturated carbocycles. The van der Waals surface area contributed by atoms with Gasteiger partial charge >= 0.3 is 5.97 Å². The number of carbonyl (C=O) groups excluding carboxylic acids is 1. The molecule has 1 heterocycles. The van der Waals surface area contributed by atoms with Gasteiger partial charge in [-0.2, -0.15) is 0 Å². The molecule has 0 saturated heterocycles. The van der Waals surface area contributed by atoms with E-state index in [-0.39, 0.29) is 35.9 Å². The maximum atomic E-state index is 12.4. The average Bonchev–Trinajstić information content (AvgIpc) is 3.33. The van der Waals surface area contributed by atoms with Crippen LogP contribution in [0.2, 0.25) is 0 Å². The zero-order valence-electron chi connectivity index (χ0n) is 18.4. The third kappa shape index (κ3) is 5.47. The first-order valence-electron chi connectivity index (χ1n) is 11.7. The van der Waals surface area contributed by atoms with Crippen molar-refractivity contribution in [2.24, 2.45) is 17.8 Å². The molecule has 0 aromatic carbocycles. The standard InChI is InChI=1S/C25H36O5S/c1-17-13-14-25(17,23-11-7-15-31-23)22(28)10-6-9-19-18(20(26)16-21(19)27)8-4-2-3-5-12-24(29)30/h6-7,9,11,15,17-19,21-22,27-28H,2-5,8,10,12-14,16H2,1H3,(H,29,30)/b9-6+/t17?,18-,19-,21-,22?,25?/m1/s1. The molecule has 0 bridgehead atoms. The lowest BCUT2D eigenvalue weighted by atomic mass is 9.56. The Bertz CT molecular complexity index is 758. The Balaban J connectivity index is 1.53. The molecule has 3 unspecified atom stereocenters. The molecular weight excluding hydrogens is 412 g/mol. The van der Waals surface area contributed by atoms with Crippen molar-refractivity contribution in [3.63, 3.8) is 0 Å². The molecule has 0 aliphatic heterocycles. The van der Waals surface area contributed by atoms with E-state index in [9.17, 15) is 19.8 Å². The fourth-order valence-corrected chi connectivity index (χ4v) is 6.59. The summed E-state index contributed by atoms with van der Waals surface area (Å²) in [6.07, 6.45) is 9.90. The smallest absolute Gasteiger partial charge is 0.303 e. The second-order valence-corrected chi connectivity index (χ2v) is 10.4. The molecule has 3 rings (SSSR count). The number of carboxylic acid groups (broad SMARTS) is 1. The fourth-order valence-electron chi connectivity index (χ4n) is 5.47. The van der Waals surface area contributed by atoms with Gasteiger partial charge < -0.3 is 15.3 Å². The van der Waals surface area contributed by atoms with E-state index >= 15 is 0 Å². The van der Waals surface area contributed by atoms with E-state index in [1.54, 1.807) is 11.3 Å². The third-order valence-corrected chi connectivity index (χ3v) is 8.61. The quantitative estimate of drug-likeness (QED) is 0.318. The molecule has 1 aromatic heterocycles. The van der Waals surface area contributed by atoms with Gasteiger partial charge in [0.2, 0.25) is 0 Å². The maximum absolute atomic E-state index is 12.4. The second-order valence-electron chi connectivity index (χ2n) is 9.41. The number of aliphatic hydroxyl groups is 2. The highest BCUT2D eigenvalue weighted by Gasteiger charge is 2.50. The minimum Gasteiger partial charge on any atom is -0.481 e. The lowest BCUT2D eigenvalue weighted by Crippen LogP contribution is -2.51. The Kier molecular flexibility index (Phi) is 8.48. The number of ketones is 1. The molecule has 2 aliphatic carbocycles. The second kappa shape index (κ2) is 10.9. The number of aliphatic carboxylic acids is 1. The molecule has 5 nitrogen and oxygen atoms in total. The molecule has 172 valence electrons. The van der Waals surface area contributed by atoms with Crippen LogP contribution in [0.5, 0.6) is 0 Å². The number of aliphatic hydroxyl groups excluding tert-OH is 2. The Morgan fingerprint density at radius 1 is 1.32 bits per heavy atom. The molecule has 1 aromatic rings. The molecule has 0 amide bonds. The van der Waals surface area contributed by atoms with Gasteiger partial charge in [0.15, 0.2) is 0 Å². The number of carbonyl (C=O) groups is 2. The molecule has 6 atom stereocenters. The van der Waals surface area contributed by atoms with Gasteiger partial charge in [-0.15, -0.1) is 11.3 Å². The number of rotatable bonds is 12. The molecule has 2 fully saturated rings. The predicted octanol–water partition coefficient (Wildman–Crippen LogP) is 4.71. The lowest BCUT2D eigenvalue weighted by molar-refractivity contribution is -0.137. The van der Waals surface area contributed by atoms with E-state index in [1.165, 1.54) is 4.88 Å². The van der Waals surface area contributed by atoms with Crippen LogP contribution in [0.15, 0.2) is 29.7 Å². The highest BCUT2D eigenvalue weighted by Crippen LogP contribution is 2.53. The molecule has 3 N–H and O–H groups in total. The zero-order chi connectivity index (χ0) is 22.4. The molecule has 0 radical (unpaired) electrons. The third-order valence-electron chi connectivity index (χ3n) is 7.55. The van der Waals surface area contributed by atoms with Gasteiger partial charge in [0.05, 0.1) is 12.2 Å². The summed E-state index contributed by atoms with van der Waals surface area (Å²) >= 11 is 1.71. The first-order chi connectivity index (χ1) is 14.9. The SMILES string of the molecule is CC1CCC1(c1cccs1)C(O)C/C=C/[C@H]1[C@H](O)CC(=O)[C@@H]1CCCCCCC(=O)O. The minimum atomic E-state index is -0.765. The Hall–Kier alpha value is -1.50. The average molecular weight is 449 g/mol. The van der Waals surface area contributed by atoms with Crippen molar-refractivity contribution >= 4 is 23.1 Å². The summed E-state index contributed by atoms with van der Waals surface area (Å²) < 4.78 is 0. The van der Waals surface area contributed by atoms with Crippen LogP contribution >= 0.6 is 11.3 Å². The van der Waals surface area contributed by atoms with Crippen LogP contribution in [-0.2, 0) is 15.0 Å². The molecule has 6 heteroatoms. The number of Topliss-reactive ketones (excluding diaryl/α,β-unsaturated/α-hetero) is 1. The van der Waals surface area contributed by atoms with Gasteiger partial charge in [-0.1, -0.05) is 44.4 Å². The summed E-state index contributed by atoms with van der Waals surface area (Å²) in [4.78, 5) is 24.2. The van der Waals surface area contributed by atoms with E-state index in [2.05, 4.69) is 18.4 Å². The summed E-state index contributed by atoms with van der Waals surface area (Å²) in [6.45, 7) is 2.21. The van der Waals surface area contributed by atoms with Crippen LogP contribution < -0.4 is 0 Å². The van der Waals surface area contributed by atoms with Crippen molar-refractivity contribution in [3.05, 3.63) is 34.5 Å². The van der Waals surface area contributed by atoms with Crippen LogP contribution in [0.1, 0.15) is 76.0 Å². The first-order valence-corrected chi connectivity index (χ1v) is 12.6. The van der Waals surface area contributed by atoms with Crippen molar-refractivity contribution in [2.75, 3.05) is 0 Å². The number of unbranched alkanes of at least 4 members (excludes halogenated alkanes) is 3. The number of carboxylic acids is 1. The summed E-state index contributed by atoms with van der Waals surface area (Å²) in [5, 5.41) is 32.2.